The molecule has 82 heavy (non-hydrogen) atoms. The SMILES string of the molecule is N#Cc1cccc(-c2ccc3c4ccc(-c5cccc(C#N)c5)cc4n(-c4cc(-c5cc(C(F)(F)F)cc(C(F)(F)F)c5)c(-n5c6cc(-c7cccc(C#N)c7)ccc6c6ccc(-c7cccc(C(F)(F)F)c7)cc65)cc4C#N)c3c2)c1. The third-order valence-electron chi connectivity index (χ3n) is 14.6. The maximum Gasteiger partial charge on any atom is 0.416 e. The van der Waals surface area contributed by atoms with Crippen LogP contribution in [-0.2, 0) is 18.5 Å². The molecule has 0 atom stereocenters. The monoisotopic (exact) mass is 1090 g/mol. The number of nitrogens with zero attached hydrogens (tertiary/aromatic N) is 6. The summed E-state index contributed by atoms with van der Waals surface area (Å²) >= 11 is 0. The molecular weight excluding hydrogens is 1060 g/mol. The van der Waals surface area contributed by atoms with Crippen LogP contribution in [0.1, 0.15) is 38.9 Å². The molecule has 10 aromatic carbocycles. The van der Waals surface area contributed by atoms with Crippen LogP contribution in [0.5, 0.6) is 0 Å². The topological polar surface area (TPSA) is 105 Å². The Kier molecular flexibility index (Phi) is 12.3. The van der Waals surface area contributed by atoms with E-state index in [0.29, 0.717) is 100 Å². The molecule has 6 nitrogen and oxygen atoms in total. The van der Waals surface area contributed by atoms with Crippen molar-refractivity contribution in [1.29, 1.82) is 21.0 Å². The smallest absolute Gasteiger partial charge is 0.309 e. The number of benzene rings is 10. The summed E-state index contributed by atoms with van der Waals surface area (Å²) in [7, 11) is 0. The van der Waals surface area contributed by atoms with E-state index in [1.54, 1.807) is 118 Å². The minimum atomic E-state index is -5.30. The highest BCUT2D eigenvalue weighted by Gasteiger charge is 2.38. The van der Waals surface area contributed by atoms with Crippen LogP contribution in [-0.4, -0.2) is 9.13 Å². The van der Waals surface area contributed by atoms with Crippen molar-refractivity contribution in [3.05, 3.63) is 239 Å². The molecule has 2 aromatic heterocycles. The van der Waals surface area contributed by atoms with E-state index in [9.17, 15) is 34.2 Å². The molecule has 0 fully saturated rings. The lowest BCUT2D eigenvalue weighted by Gasteiger charge is -2.21. The van der Waals surface area contributed by atoms with Crippen LogP contribution in [0, 0.1) is 45.3 Å². The number of halogens is 9. The quantitative estimate of drug-likeness (QED) is 0.148. The first-order chi connectivity index (χ1) is 39.3. The van der Waals surface area contributed by atoms with Crippen molar-refractivity contribution in [2.75, 3.05) is 0 Å². The lowest BCUT2D eigenvalue weighted by atomic mass is 9.95. The van der Waals surface area contributed by atoms with Crippen LogP contribution >= 0.6 is 0 Å². The lowest BCUT2D eigenvalue weighted by molar-refractivity contribution is -0.143. The average molecular weight is 1090 g/mol. The summed E-state index contributed by atoms with van der Waals surface area (Å²) in [5, 5.41) is 43.3. The Morgan fingerprint density at radius 3 is 0.963 bits per heavy atom. The van der Waals surface area contributed by atoms with Gasteiger partial charge in [0.25, 0.3) is 0 Å². The van der Waals surface area contributed by atoms with Gasteiger partial charge in [0.15, 0.2) is 0 Å². The summed E-state index contributed by atoms with van der Waals surface area (Å²) in [5.41, 5.74) is 1.57. The van der Waals surface area contributed by atoms with E-state index in [-0.39, 0.29) is 45.2 Å². The van der Waals surface area contributed by atoms with Gasteiger partial charge < -0.3 is 9.13 Å². The molecule has 12 aromatic rings. The molecule has 15 heteroatoms. The second kappa shape index (κ2) is 19.5. The zero-order chi connectivity index (χ0) is 57.4. The molecular formula is C67H33F9N6. The van der Waals surface area contributed by atoms with E-state index in [0.717, 1.165) is 12.1 Å². The van der Waals surface area contributed by atoms with Gasteiger partial charge in [0.2, 0.25) is 0 Å². The zero-order valence-corrected chi connectivity index (χ0v) is 42.1. The third-order valence-corrected chi connectivity index (χ3v) is 14.6. The van der Waals surface area contributed by atoms with Crippen molar-refractivity contribution in [2.24, 2.45) is 0 Å². The van der Waals surface area contributed by atoms with Crippen LogP contribution in [0.4, 0.5) is 39.5 Å². The molecule has 2 heterocycles. The average Bonchev–Trinajstić information content (AvgIpc) is 3.45. The first kappa shape index (κ1) is 51.9. The Bertz CT molecular complexity index is 4690. The van der Waals surface area contributed by atoms with Crippen molar-refractivity contribution >= 4 is 43.6 Å². The number of hydrogen-bond acceptors (Lipinski definition) is 4. The number of alkyl halides is 9. The van der Waals surface area contributed by atoms with Crippen molar-refractivity contribution < 1.29 is 39.5 Å². The highest BCUT2D eigenvalue weighted by Crippen LogP contribution is 2.46. The van der Waals surface area contributed by atoms with Gasteiger partial charge in [-0.05, 0) is 153 Å². The van der Waals surface area contributed by atoms with Crippen LogP contribution in [0.2, 0.25) is 0 Å². The van der Waals surface area contributed by atoms with E-state index < -0.39 is 40.8 Å². The summed E-state index contributed by atoms with van der Waals surface area (Å²) in [6.07, 6.45) is -15.3. The molecule has 0 unspecified atom stereocenters. The van der Waals surface area contributed by atoms with Crippen LogP contribution < -0.4 is 0 Å². The minimum absolute atomic E-state index is 0.0236. The highest BCUT2D eigenvalue weighted by molar-refractivity contribution is 6.13. The van der Waals surface area contributed by atoms with Crippen LogP contribution in [0.25, 0.3) is 111 Å². The van der Waals surface area contributed by atoms with Crippen molar-refractivity contribution in [2.45, 2.75) is 18.5 Å². The largest absolute Gasteiger partial charge is 0.416 e. The van der Waals surface area contributed by atoms with Crippen molar-refractivity contribution in [3.8, 4) is 91.3 Å². The molecule has 0 saturated heterocycles. The van der Waals surface area contributed by atoms with Crippen LogP contribution in [0.15, 0.2) is 200 Å². The van der Waals surface area contributed by atoms with E-state index in [4.69, 9.17) is 0 Å². The van der Waals surface area contributed by atoms with E-state index in [1.165, 1.54) is 24.3 Å². The summed E-state index contributed by atoms with van der Waals surface area (Å²) in [6, 6.07) is 58.7. The first-order valence-electron chi connectivity index (χ1n) is 25.1. The van der Waals surface area contributed by atoms with Gasteiger partial charge in [0.05, 0.1) is 90.6 Å². The van der Waals surface area contributed by atoms with Crippen molar-refractivity contribution in [3.63, 3.8) is 0 Å². The third kappa shape index (κ3) is 9.16. The molecule has 0 amide bonds. The fourth-order valence-electron chi connectivity index (χ4n) is 10.8. The predicted molar refractivity (Wildman–Crippen MR) is 296 cm³/mol. The molecule has 0 aliphatic heterocycles. The maximum absolute atomic E-state index is 15.1. The molecule has 0 radical (unpaired) electrons. The molecule has 0 aliphatic carbocycles. The number of fused-ring (bicyclic) bond motifs is 6. The van der Waals surface area contributed by atoms with E-state index >= 15 is 26.3 Å². The van der Waals surface area contributed by atoms with Gasteiger partial charge in [-0.3, -0.25) is 0 Å². The Hall–Kier alpha value is -10.9. The van der Waals surface area contributed by atoms with Gasteiger partial charge in [0, 0.05) is 27.1 Å². The van der Waals surface area contributed by atoms with Gasteiger partial charge >= 0.3 is 18.5 Å². The van der Waals surface area contributed by atoms with Gasteiger partial charge in [-0.25, -0.2) is 0 Å². The highest BCUT2D eigenvalue weighted by atomic mass is 19.4. The molecule has 0 saturated carbocycles. The molecule has 0 spiro atoms. The maximum atomic E-state index is 15.1. The zero-order valence-electron chi connectivity index (χ0n) is 42.1. The number of nitriles is 4. The van der Waals surface area contributed by atoms with E-state index in [2.05, 4.69) is 24.3 Å². The Morgan fingerprint density at radius 2 is 0.610 bits per heavy atom. The molecule has 394 valence electrons. The molecule has 0 bridgehead atoms. The minimum Gasteiger partial charge on any atom is -0.309 e. The van der Waals surface area contributed by atoms with E-state index in [1.807, 2.05) is 36.4 Å². The normalized spacial score (nSPS) is 11.9. The van der Waals surface area contributed by atoms with Gasteiger partial charge in [-0.2, -0.15) is 60.6 Å². The second-order valence-electron chi connectivity index (χ2n) is 19.5. The summed E-state index contributed by atoms with van der Waals surface area (Å²) in [4.78, 5) is 0. The standard InChI is InChI=1S/C67H33F9N6/c68-65(69,70)51-12-4-11-44(24-51)48-16-20-57-56-19-15-47(43-10-3-7-40(23-43)36-79)29-62(56)82(63(57)30-48)64-31-50(37-80)59(33-58(64)49-25-52(66(71,72)73)32-53(26-49)67(74,75)76)81-60-27-45(41-8-1-5-38(21-41)34-77)13-17-54(60)55-18-14-46(28-61(55)81)42-9-2-6-39(22-42)35-78/h1-33H. The lowest BCUT2D eigenvalue weighted by Crippen LogP contribution is -2.11. The predicted octanol–water partition coefficient (Wildman–Crippen LogP) is 18.8. The first-order valence-corrected chi connectivity index (χ1v) is 25.1. The van der Waals surface area contributed by atoms with Gasteiger partial charge in [-0.1, -0.05) is 97.1 Å². The molecule has 12 rings (SSSR count). The Labute approximate surface area is 460 Å². The fraction of sp³-hybridized carbons (Fsp3) is 0.0448. The second-order valence-corrected chi connectivity index (χ2v) is 19.5. The summed E-state index contributed by atoms with van der Waals surface area (Å²) in [5.74, 6) is 0. The van der Waals surface area contributed by atoms with Gasteiger partial charge in [0.1, 0.15) is 6.07 Å². The number of aromatic nitrogens is 2. The Morgan fingerprint density at radius 1 is 0.280 bits per heavy atom. The van der Waals surface area contributed by atoms with Crippen LogP contribution in [0.3, 0.4) is 0 Å². The molecule has 0 aliphatic rings. The number of rotatable bonds is 7. The fourth-order valence-corrected chi connectivity index (χ4v) is 10.8. The Balaban J connectivity index is 1.24. The van der Waals surface area contributed by atoms with Crippen molar-refractivity contribution in [1.82, 2.24) is 9.13 Å². The van der Waals surface area contributed by atoms with Gasteiger partial charge in [-0.15, -0.1) is 0 Å². The number of hydrogen-bond donors (Lipinski definition) is 0. The molecule has 0 N–H and O–H groups in total. The summed E-state index contributed by atoms with van der Waals surface area (Å²) in [6.45, 7) is 0. The summed E-state index contributed by atoms with van der Waals surface area (Å²) < 4.78 is 136.